The number of carbonyl (C=O) groups excluding carboxylic acids is 2. The summed E-state index contributed by atoms with van der Waals surface area (Å²) >= 11 is 0. The van der Waals surface area contributed by atoms with Crippen LogP contribution in [-0.2, 0) is 24.3 Å². The Morgan fingerprint density at radius 1 is 1.32 bits per heavy atom. The number of rotatable bonds is 6. The highest BCUT2D eigenvalue weighted by Gasteiger charge is 2.36. The summed E-state index contributed by atoms with van der Waals surface area (Å²) in [5, 5.41) is 0. The van der Waals surface area contributed by atoms with Gasteiger partial charge < -0.3 is 14.2 Å². The second kappa shape index (κ2) is 6.64. The van der Waals surface area contributed by atoms with Crippen LogP contribution in [0.5, 0.6) is 5.75 Å². The lowest BCUT2D eigenvalue weighted by atomic mass is 10.2. The van der Waals surface area contributed by atoms with Crippen LogP contribution in [0.4, 0.5) is 0 Å². The summed E-state index contributed by atoms with van der Waals surface area (Å²) in [5.74, 6) is -1.27. The fourth-order valence-corrected chi connectivity index (χ4v) is 4.01. The average Bonchev–Trinajstić information content (AvgIpc) is 3.30. The summed E-state index contributed by atoms with van der Waals surface area (Å²) in [6.07, 6.45) is 0.542. The predicted molar refractivity (Wildman–Crippen MR) is 85.7 cm³/mol. The Morgan fingerprint density at radius 3 is 2.60 bits per heavy atom. The van der Waals surface area contributed by atoms with Crippen molar-refractivity contribution in [2.24, 2.45) is 0 Å². The molecule has 1 aromatic rings. The number of benzene rings is 1. The molecule has 0 radical (unpaired) electrons. The minimum Gasteiger partial charge on any atom is -0.495 e. The molecule has 3 rings (SSSR count). The molecular weight excluding hydrogens is 350 g/mol. The van der Waals surface area contributed by atoms with Crippen molar-refractivity contribution in [2.45, 2.75) is 49.3 Å². The van der Waals surface area contributed by atoms with Crippen LogP contribution in [0.25, 0.3) is 0 Å². The van der Waals surface area contributed by atoms with Gasteiger partial charge in [0, 0.05) is 12.5 Å². The van der Waals surface area contributed by atoms with E-state index in [2.05, 4.69) is 4.72 Å². The van der Waals surface area contributed by atoms with Crippen LogP contribution in [-0.4, -0.2) is 45.7 Å². The SMILES string of the molecule is COc1ccc(C(=O)O[C@H]2C[C@@H](C)OC2=O)cc1S(=O)(=O)NC1CC1. The topological polar surface area (TPSA) is 108 Å². The molecule has 0 spiro atoms. The summed E-state index contributed by atoms with van der Waals surface area (Å²) in [6, 6.07) is 3.88. The van der Waals surface area contributed by atoms with Crippen LogP contribution in [0.2, 0.25) is 0 Å². The number of carbonyl (C=O) groups is 2. The Hall–Kier alpha value is -2.13. The lowest BCUT2D eigenvalue weighted by molar-refractivity contribution is -0.147. The van der Waals surface area contributed by atoms with Crippen molar-refractivity contribution < 1.29 is 32.2 Å². The lowest BCUT2D eigenvalue weighted by Crippen LogP contribution is -2.27. The molecule has 9 heteroatoms. The van der Waals surface area contributed by atoms with Crippen molar-refractivity contribution in [3.63, 3.8) is 0 Å². The van der Waals surface area contributed by atoms with Crippen LogP contribution in [0.1, 0.15) is 36.5 Å². The van der Waals surface area contributed by atoms with E-state index in [1.165, 1.54) is 25.3 Å². The van der Waals surface area contributed by atoms with E-state index in [0.717, 1.165) is 12.8 Å². The molecule has 1 saturated heterocycles. The van der Waals surface area contributed by atoms with Gasteiger partial charge in [0.05, 0.1) is 12.7 Å². The van der Waals surface area contributed by atoms with Crippen molar-refractivity contribution >= 4 is 22.0 Å². The zero-order valence-corrected chi connectivity index (χ0v) is 14.7. The third-order valence-electron chi connectivity index (χ3n) is 3.96. The van der Waals surface area contributed by atoms with Crippen molar-refractivity contribution in [3.05, 3.63) is 23.8 Å². The van der Waals surface area contributed by atoms with E-state index in [1.807, 2.05) is 0 Å². The average molecular weight is 369 g/mol. The molecule has 2 aliphatic rings. The molecule has 1 aliphatic heterocycles. The first-order valence-corrected chi connectivity index (χ1v) is 9.40. The zero-order chi connectivity index (χ0) is 18.2. The normalized spacial score (nSPS) is 23.2. The first kappa shape index (κ1) is 17.7. The molecule has 136 valence electrons. The first-order chi connectivity index (χ1) is 11.8. The van der Waals surface area contributed by atoms with E-state index in [1.54, 1.807) is 6.92 Å². The third-order valence-corrected chi connectivity index (χ3v) is 5.51. The van der Waals surface area contributed by atoms with Gasteiger partial charge in [-0.05, 0) is 38.0 Å². The molecule has 1 aromatic carbocycles. The molecule has 0 unspecified atom stereocenters. The zero-order valence-electron chi connectivity index (χ0n) is 13.9. The van der Waals surface area contributed by atoms with Gasteiger partial charge in [-0.3, -0.25) is 0 Å². The molecule has 2 atom stereocenters. The first-order valence-electron chi connectivity index (χ1n) is 7.92. The molecule has 25 heavy (non-hydrogen) atoms. The van der Waals surface area contributed by atoms with Gasteiger partial charge in [0.1, 0.15) is 16.7 Å². The van der Waals surface area contributed by atoms with E-state index in [0.29, 0.717) is 0 Å². The number of ether oxygens (including phenoxy) is 3. The van der Waals surface area contributed by atoms with Crippen LogP contribution in [0.3, 0.4) is 0 Å². The van der Waals surface area contributed by atoms with E-state index >= 15 is 0 Å². The Bertz CT molecular complexity index is 801. The molecule has 1 heterocycles. The van der Waals surface area contributed by atoms with Gasteiger partial charge in [0.15, 0.2) is 0 Å². The second-order valence-electron chi connectivity index (χ2n) is 6.14. The summed E-state index contributed by atoms with van der Waals surface area (Å²) < 4.78 is 42.6. The number of hydrogen-bond donors (Lipinski definition) is 1. The Morgan fingerprint density at radius 2 is 2.04 bits per heavy atom. The molecule has 2 fully saturated rings. The van der Waals surface area contributed by atoms with E-state index in [-0.39, 0.29) is 34.8 Å². The maximum absolute atomic E-state index is 12.5. The van der Waals surface area contributed by atoms with Crippen molar-refractivity contribution in [2.75, 3.05) is 7.11 Å². The Balaban J connectivity index is 1.83. The number of sulfonamides is 1. The molecule has 1 N–H and O–H groups in total. The fourth-order valence-electron chi connectivity index (χ4n) is 2.51. The molecular formula is C16H19NO7S. The molecule has 0 aromatic heterocycles. The minimum atomic E-state index is -3.82. The van der Waals surface area contributed by atoms with E-state index < -0.39 is 28.1 Å². The van der Waals surface area contributed by atoms with Crippen LogP contribution < -0.4 is 9.46 Å². The fraction of sp³-hybridized carbons (Fsp3) is 0.500. The van der Waals surface area contributed by atoms with Crippen molar-refractivity contribution in [1.29, 1.82) is 0 Å². The number of methoxy groups -OCH3 is 1. The summed E-state index contributed by atoms with van der Waals surface area (Å²) in [5.41, 5.74) is 0.0179. The smallest absolute Gasteiger partial charge is 0.347 e. The van der Waals surface area contributed by atoms with Gasteiger partial charge in [-0.1, -0.05) is 0 Å². The van der Waals surface area contributed by atoms with Crippen molar-refractivity contribution in [1.82, 2.24) is 4.72 Å². The maximum atomic E-state index is 12.5. The van der Waals surface area contributed by atoms with Crippen molar-refractivity contribution in [3.8, 4) is 5.75 Å². The summed E-state index contributed by atoms with van der Waals surface area (Å²) in [4.78, 5) is 23.7. The molecule has 0 amide bonds. The van der Waals surface area contributed by atoms with Crippen LogP contribution >= 0.6 is 0 Å². The molecule has 0 bridgehead atoms. The highest BCUT2D eigenvalue weighted by atomic mass is 32.2. The van der Waals surface area contributed by atoms with Gasteiger partial charge in [0.2, 0.25) is 16.1 Å². The van der Waals surface area contributed by atoms with Gasteiger partial charge in [-0.15, -0.1) is 0 Å². The maximum Gasteiger partial charge on any atom is 0.347 e. The van der Waals surface area contributed by atoms with Gasteiger partial charge in [0.25, 0.3) is 0 Å². The molecule has 8 nitrogen and oxygen atoms in total. The Labute approximate surface area is 145 Å². The number of hydrogen-bond acceptors (Lipinski definition) is 7. The van der Waals surface area contributed by atoms with Gasteiger partial charge in [-0.25, -0.2) is 22.7 Å². The lowest BCUT2D eigenvalue weighted by Gasteiger charge is -2.13. The predicted octanol–water partition coefficient (Wildman–Crippen LogP) is 0.997. The summed E-state index contributed by atoms with van der Waals surface area (Å²) in [7, 11) is -2.47. The van der Waals surface area contributed by atoms with E-state index in [9.17, 15) is 18.0 Å². The highest BCUT2D eigenvalue weighted by Crippen LogP contribution is 2.29. The molecule has 1 aliphatic carbocycles. The standard InChI is InChI=1S/C16H19NO7S/c1-9-7-13(16(19)23-9)24-15(18)10-3-6-12(22-2)14(8-10)25(20,21)17-11-4-5-11/h3,6,8-9,11,13,17H,4-5,7H2,1-2H3/t9-,13+/m1/s1. The van der Waals surface area contributed by atoms with Gasteiger partial charge in [-0.2, -0.15) is 0 Å². The number of esters is 2. The second-order valence-corrected chi connectivity index (χ2v) is 7.82. The molecule has 1 saturated carbocycles. The third kappa shape index (κ3) is 3.93. The summed E-state index contributed by atoms with van der Waals surface area (Å²) in [6.45, 7) is 1.70. The van der Waals surface area contributed by atoms with Gasteiger partial charge >= 0.3 is 11.9 Å². The highest BCUT2D eigenvalue weighted by molar-refractivity contribution is 7.89. The van der Waals surface area contributed by atoms with E-state index in [4.69, 9.17) is 14.2 Å². The Kier molecular flexibility index (Phi) is 4.70. The van der Waals surface area contributed by atoms with Crippen LogP contribution in [0.15, 0.2) is 23.1 Å². The van der Waals surface area contributed by atoms with Crippen LogP contribution in [0, 0.1) is 0 Å². The number of nitrogens with one attached hydrogen (secondary N) is 1. The quantitative estimate of drug-likeness (QED) is 0.745. The monoisotopic (exact) mass is 369 g/mol. The number of cyclic esters (lactones) is 1. The minimum absolute atomic E-state index is 0.0179. The largest absolute Gasteiger partial charge is 0.495 e.